The molecule has 0 spiro atoms. The van der Waals surface area contributed by atoms with E-state index in [1.54, 1.807) is 31.6 Å². The number of nitrogens with zero attached hydrogens (tertiary/aromatic N) is 2. The van der Waals surface area contributed by atoms with Crippen molar-refractivity contribution in [3.05, 3.63) is 59.6 Å². The molecule has 3 N–H and O–H groups in total. The van der Waals surface area contributed by atoms with Crippen LogP contribution in [0.25, 0.3) is 0 Å². The van der Waals surface area contributed by atoms with Crippen LogP contribution in [0.2, 0.25) is 0 Å². The first-order chi connectivity index (χ1) is 16.7. The standard InChI is InChI=1S/C27H37N5O3/c1-27(2,3)35-25(33)17-23(20-11-13-24(34-4)31-18-20)29-16-14-21(28)8-5-9-22-12-10-19-7-6-15-30-26(19)32-22/h10-14,16,18,23,28-29H,5-9,15,17H2,1-4H3,(H,30,32)/b16-14-,28-21?. The van der Waals surface area contributed by atoms with E-state index in [1.165, 1.54) is 5.56 Å². The molecule has 0 amide bonds. The summed E-state index contributed by atoms with van der Waals surface area (Å²) in [6.07, 6.45) is 9.84. The monoisotopic (exact) mass is 479 g/mol. The Morgan fingerprint density at radius 3 is 2.83 bits per heavy atom. The average molecular weight is 480 g/mol. The molecule has 2 aromatic heterocycles. The van der Waals surface area contributed by atoms with Crippen LogP contribution in [0.1, 0.15) is 69.3 Å². The molecule has 1 atom stereocenters. The van der Waals surface area contributed by atoms with E-state index in [2.05, 4.69) is 27.8 Å². The van der Waals surface area contributed by atoms with Gasteiger partial charge in [-0.05, 0) is 82.3 Å². The summed E-state index contributed by atoms with van der Waals surface area (Å²) < 4.78 is 10.6. The molecule has 1 aliphatic rings. The van der Waals surface area contributed by atoms with Gasteiger partial charge in [-0.1, -0.05) is 12.1 Å². The molecule has 1 aliphatic heterocycles. The molecule has 0 bridgehead atoms. The number of rotatable bonds is 11. The third-order valence-electron chi connectivity index (χ3n) is 5.57. The number of nitrogens with one attached hydrogen (secondary N) is 3. The van der Waals surface area contributed by atoms with Gasteiger partial charge in [0.05, 0.1) is 19.6 Å². The second-order valence-electron chi connectivity index (χ2n) is 9.70. The van der Waals surface area contributed by atoms with E-state index in [0.717, 1.165) is 49.3 Å². The zero-order valence-electron chi connectivity index (χ0n) is 21.2. The first kappa shape index (κ1) is 26.2. The number of carbonyl (C=O) groups is 1. The number of pyridine rings is 2. The number of hydrogen-bond acceptors (Lipinski definition) is 8. The minimum atomic E-state index is -0.555. The van der Waals surface area contributed by atoms with Gasteiger partial charge >= 0.3 is 5.97 Å². The normalized spacial score (nSPS) is 14.1. The number of anilines is 1. The van der Waals surface area contributed by atoms with Gasteiger partial charge in [-0.15, -0.1) is 0 Å². The largest absolute Gasteiger partial charge is 0.481 e. The van der Waals surface area contributed by atoms with Crippen LogP contribution < -0.4 is 15.4 Å². The Labute approximate surface area is 208 Å². The Bertz CT molecular complexity index is 1030. The highest BCUT2D eigenvalue weighted by atomic mass is 16.6. The topological polar surface area (TPSA) is 109 Å². The van der Waals surface area contributed by atoms with Crippen LogP contribution in [0, 0.1) is 5.41 Å². The van der Waals surface area contributed by atoms with Crippen molar-refractivity contribution < 1.29 is 14.3 Å². The van der Waals surface area contributed by atoms with Gasteiger partial charge in [0.15, 0.2) is 0 Å². The molecule has 0 radical (unpaired) electrons. The lowest BCUT2D eigenvalue weighted by atomic mass is 10.0. The summed E-state index contributed by atoms with van der Waals surface area (Å²) in [4.78, 5) is 21.4. The van der Waals surface area contributed by atoms with Gasteiger partial charge in [-0.25, -0.2) is 9.97 Å². The van der Waals surface area contributed by atoms with E-state index in [0.29, 0.717) is 18.0 Å². The molecule has 0 aromatic carbocycles. The van der Waals surface area contributed by atoms with Crippen LogP contribution in [0.4, 0.5) is 5.82 Å². The molecular weight excluding hydrogens is 442 g/mol. The number of methoxy groups -OCH3 is 1. The molecule has 35 heavy (non-hydrogen) atoms. The van der Waals surface area contributed by atoms with E-state index in [9.17, 15) is 4.79 Å². The van der Waals surface area contributed by atoms with Crippen LogP contribution in [0.15, 0.2) is 42.7 Å². The molecule has 3 rings (SSSR count). The molecule has 8 nitrogen and oxygen atoms in total. The van der Waals surface area contributed by atoms with Crippen molar-refractivity contribution in [2.45, 2.75) is 70.9 Å². The maximum Gasteiger partial charge on any atom is 0.308 e. The lowest BCUT2D eigenvalue weighted by Crippen LogP contribution is -2.27. The Kier molecular flexibility index (Phi) is 9.23. The summed E-state index contributed by atoms with van der Waals surface area (Å²) >= 11 is 0. The van der Waals surface area contributed by atoms with Gasteiger partial charge in [0.2, 0.25) is 5.88 Å². The molecular formula is C27H37N5O3. The van der Waals surface area contributed by atoms with Crippen molar-refractivity contribution in [2.24, 2.45) is 0 Å². The second kappa shape index (κ2) is 12.3. The van der Waals surface area contributed by atoms with Gasteiger partial charge < -0.3 is 25.5 Å². The minimum Gasteiger partial charge on any atom is -0.481 e. The van der Waals surface area contributed by atoms with Crippen LogP contribution in [0.3, 0.4) is 0 Å². The van der Waals surface area contributed by atoms with E-state index in [4.69, 9.17) is 19.9 Å². The van der Waals surface area contributed by atoms with E-state index in [1.807, 2.05) is 26.8 Å². The van der Waals surface area contributed by atoms with Crippen molar-refractivity contribution in [3.63, 3.8) is 0 Å². The third kappa shape index (κ3) is 8.70. The fourth-order valence-corrected chi connectivity index (χ4v) is 3.86. The van der Waals surface area contributed by atoms with Crippen molar-refractivity contribution in [3.8, 4) is 5.88 Å². The number of carbonyl (C=O) groups excluding carboxylic acids is 1. The number of hydrogen-bond donors (Lipinski definition) is 3. The van der Waals surface area contributed by atoms with Gasteiger partial charge in [0.1, 0.15) is 11.4 Å². The maximum atomic E-state index is 12.4. The number of fused-ring (bicyclic) bond motifs is 1. The Hall–Kier alpha value is -3.42. The fourth-order valence-electron chi connectivity index (χ4n) is 3.86. The zero-order valence-corrected chi connectivity index (χ0v) is 21.2. The first-order valence-electron chi connectivity index (χ1n) is 12.2. The molecule has 0 saturated heterocycles. The van der Waals surface area contributed by atoms with Gasteiger partial charge in [-0.3, -0.25) is 4.79 Å². The smallest absolute Gasteiger partial charge is 0.308 e. The van der Waals surface area contributed by atoms with Crippen molar-refractivity contribution in [1.82, 2.24) is 15.3 Å². The molecule has 188 valence electrons. The number of ether oxygens (including phenoxy) is 2. The minimum absolute atomic E-state index is 0.140. The lowest BCUT2D eigenvalue weighted by molar-refractivity contribution is -0.155. The Morgan fingerprint density at radius 1 is 1.29 bits per heavy atom. The lowest BCUT2D eigenvalue weighted by Gasteiger charge is -2.22. The van der Waals surface area contributed by atoms with Crippen molar-refractivity contribution in [1.29, 1.82) is 5.41 Å². The van der Waals surface area contributed by atoms with E-state index < -0.39 is 5.60 Å². The number of aryl methyl sites for hydroxylation is 2. The summed E-state index contributed by atoms with van der Waals surface area (Å²) in [6, 6.07) is 7.55. The average Bonchev–Trinajstić information content (AvgIpc) is 2.82. The Balaban J connectivity index is 1.53. The van der Waals surface area contributed by atoms with Gasteiger partial charge in [0.25, 0.3) is 0 Å². The molecule has 0 saturated carbocycles. The molecule has 0 fully saturated rings. The van der Waals surface area contributed by atoms with Crippen molar-refractivity contribution in [2.75, 3.05) is 19.0 Å². The highest BCUT2D eigenvalue weighted by molar-refractivity contribution is 5.92. The molecule has 3 heterocycles. The van der Waals surface area contributed by atoms with Crippen LogP contribution in [-0.2, 0) is 22.4 Å². The van der Waals surface area contributed by atoms with Gasteiger partial charge in [-0.2, -0.15) is 0 Å². The molecule has 0 aliphatic carbocycles. The number of esters is 1. The van der Waals surface area contributed by atoms with Crippen LogP contribution >= 0.6 is 0 Å². The summed E-state index contributed by atoms with van der Waals surface area (Å²) in [6.45, 7) is 6.52. The molecule has 2 aromatic rings. The van der Waals surface area contributed by atoms with Crippen LogP contribution in [-0.4, -0.2) is 40.9 Å². The van der Waals surface area contributed by atoms with E-state index >= 15 is 0 Å². The summed E-state index contributed by atoms with van der Waals surface area (Å²) in [5.41, 5.74) is 3.13. The van der Waals surface area contributed by atoms with Crippen LogP contribution in [0.5, 0.6) is 5.88 Å². The highest BCUT2D eigenvalue weighted by Crippen LogP contribution is 2.22. The second-order valence-corrected chi connectivity index (χ2v) is 9.70. The highest BCUT2D eigenvalue weighted by Gasteiger charge is 2.21. The predicted molar refractivity (Wildman–Crippen MR) is 138 cm³/mol. The number of allylic oxidation sites excluding steroid dienone is 1. The Morgan fingerprint density at radius 2 is 2.11 bits per heavy atom. The van der Waals surface area contributed by atoms with Gasteiger partial charge in [0, 0.05) is 30.2 Å². The number of aromatic nitrogens is 2. The zero-order chi connectivity index (χ0) is 25.3. The quantitative estimate of drug-likeness (QED) is 0.315. The summed E-state index contributed by atoms with van der Waals surface area (Å²) in [5.74, 6) is 1.21. The molecule has 1 unspecified atom stereocenters. The van der Waals surface area contributed by atoms with E-state index in [-0.39, 0.29) is 18.4 Å². The first-order valence-corrected chi connectivity index (χ1v) is 12.2. The summed E-state index contributed by atoms with van der Waals surface area (Å²) in [5, 5.41) is 14.9. The fraction of sp³-hybridized carbons (Fsp3) is 0.481. The summed E-state index contributed by atoms with van der Waals surface area (Å²) in [7, 11) is 1.56. The third-order valence-corrected chi connectivity index (χ3v) is 5.57. The molecule has 8 heteroatoms. The maximum absolute atomic E-state index is 12.4. The SMILES string of the molecule is COc1ccc(C(CC(=O)OC(C)(C)C)N/C=C\C(=N)CCCc2ccc3c(n2)NCCC3)cn1. The predicted octanol–water partition coefficient (Wildman–Crippen LogP) is 4.76. The van der Waals surface area contributed by atoms with Crippen molar-refractivity contribution >= 4 is 17.5 Å².